The number of aliphatic hydroxyl groups excluding tert-OH is 3. The molecule has 11 atom stereocenters. The predicted octanol–water partition coefficient (Wildman–Crippen LogP) is 8.49. The molecule has 0 radical (unpaired) electrons. The molecule has 0 amide bonds. The maximum absolute atomic E-state index is 13.5. The van der Waals surface area contributed by atoms with Gasteiger partial charge in [0.1, 0.15) is 46.5 Å². The Labute approximate surface area is 649 Å². The van der Waals surface area contributed by atoms with Crippen LogP contribution < -0.4 is 36.7 Å². The van der Waals surface area contributed by atoms with E-state index in [9.17, 15) is 59.2 Å². The number of aromatic nitrogens is 6. The lowest BCUT2D eigenvalue weighted by atomic mass is 10.0. The summed E-state index contributed by atoms with van der Waals surface area (Å²) >= 11 is 33.2. The van der Waals surface area contributed by atoms with Crippen LogP contribution in [-0.2, 0) is 60.7 Å². The maximum Gasteiger partial charge on any atom is 0.333 e. The molecule has 3 aromatic carbocycles. The number of nitrogens with two attached hydrogens (primary N) is 3. The Morgan fingerprint density at radius 1 is 0.561 bits per heavy atom. The quantitative estimate of drug-likeness (QED) is 0.0205. The van der Waals surface area contributed by atoms with E-state index in [1.807, 2.05) is 36.4 Å². The molecule has 107 heavy (non-hydrogen) atoms. The van der Waals surface area contributed by atoms with Gasteiger partial charge in [-0.1, -0.05) is 88.3 Å². The molecule has 570 valence electrons. The highest BCUT2D eigenvalue weighted by Crippen LogP contribution is 2.40. The topological polar surface area (TPSA) is 476 Å². The van der Waals surface area contributed by atoms with Crippen LogP contribution in [0.1, 0.15) is 114 Å². The third-order valence-corrected chi connectivity index (χ3v) is 23.7. The lowest BCUT2D eigenvalue weighted by Crippen LogP contribution is -2.24. The number of carbonyl (C=O) groups is 3. The fraction of sp³-hybridized carbons (Fsp3) is 0.318. The van der Waals surface area contributed by atoms with E-state index >= 15 is 0 Å². The summed E-state index contributed by atoms with van der Waals surface area (Å²) < 4.78 is 99.7. The summed E-state index contributed by atoms with van der Waals surface area (Å²) in [6.07, 6.45) is 8.19. The van der Waals surface area contributed by atoms with Crippen molar-refractivity contribution >= 4 is 157 Å². The zero-order chi connectivity index (χ0) is 77.1. The first-order chi connectivity index (χ1) is 50.7. The van der Waals surface area contributed by atoms with E-state index < -0.39 is 89.3 Å². The molecule has 3 aliphatic carbocycles. The molecule has 13 N–H and O–H groups in total. The van der Waals surface area contributed by atoms with Crippen LogP contribution in [0, 0.1) is 17.8 Å². The number of furan rings is 1. The Kier molecular flexibility index (Phi) is 28.3. The van der Waals surface area contributed by atoms with Gasteiger partial charge in [-0.25, -0.2) is 49.5 Å². The first-order valence-electron chi connectivity index (χ1n) is 32.2. The maximum atomic E-state index is 13.5. The van der Waals surface area contributed by atoms with Gasteiger partial charge in [-0.2, -0.15) is 25.3 Å². The smallest absolute Gasteiger partial charge is 0.333 e. The molecule has 30 nitrogen and oxygen atoms in total. The number of hydrogen-bond donors (Lipinski definition) is 10. The van der Waals surface area contributed by atoms with Crippen LogP contribution in [0.5, 0.6) is 0 Å². The molecular weight excluding hydrogens is 1620 g/mol. The number of nitrogens with one attached hydrogen (secondary N) is 4. The molecule has 0 bridgehead atoms. The molecule has 2 unspecified atom stereocenters. The number of nitrogens with zero attached hydrogens (tertiary/aromatic N) is 6. The van der Waals surface area contributed by atoms with Crippen LogP contribution in [0.2, 0.25) is 23.7 Å². The van der Waals surface area contributed by atoms with Gasteiger partial charge in [0, 0.05) is 86.4 Å². The van der Waals surface area contributed by atoms with Crippen LogP contribution in [0.4, 0.5) is 17.5 Å². The number of ketones is 3. The van der Waals surface area contributed by atoms with E-state index in [1.54, 1.807) is 61.6 Å². The van der Waals surface area contributed by atoms with E-state index in [0.717, 1.165) is 39.4 Å². The van der Waals surface area contributed by atoms with E-state index in [4.69, 9.17) is 77.8 Å². The molecule has 3 fully saturated rings. The van der Waals surface area contributed by atoms with Crippen LogP contribution in [0.15, 0.2) is 149 Å². The lowest BCUT2D eigenvalue weighted by Gasteiger charge is -2.16. The minimum atomic E-state index is -4.12. The lowest BCUT2D eigenvalue weighted by molar-refractivity contribution is 0.100. The number of carbonyl (C=O) groups excluding carboxylic acids is 3. The van der Waals surface area contributed by atoms with Crippen molar-refractivity contribution in [2.75, 3.05) is 42.8 Å². The third kappa shape index (κ3) is 23.1. The first kappa shape index (κ1) is 82.5. The van der Waals surface area contributed by atoms with Gasteiger partial charge >= 0.3 is 30.9 Å². The van der Waals surface area contributed by atoms with Crippen molar-refractivity contribution in [2.45, 2.75) is 97.2 Å². The van der Waals surface area contributed by atoms with Crippen molar-refractivity contribution in [3.05, 3.63) is 213 Å². The Bertz CT molecular complexity index is 5070. The molecule has 12 rings (SSSR count). The molecule has 6 heterocycles. The highest BCUT2D eigenvalue weighted by molar-refractivity contribution is 7.85. The highest BCUT2D eigenvalue weighted by atomic mass is 35.5. The second kappa shape index (κ2) is 36.7. The standard InChI is InChI=1S/C23H25Cl2N5O5S2.C22H23ClN4O6S.C21H20Cl2N4O6S3/c1-27-20(12-3-2-4-14(24)5-12)16-8-19(36-22(16)25)21(32)17-9-28-11-29-23(17)30-15-6-13(18(31)7-15)10-35-37(26,33)34;23-15-3-1-2-13(6-15)7-17-4-5-20(33-17)21(29)18-10-25-12-26-22(18)27-16-8-14(19(28)9-16)11-32-34(24,30)31;22-12-2-1-3-14(5-12)35(30)18-7-17(34-20(18)23)19(29)15-8-25-10-26-21(15)27-13-4-11(16(28)6-13)9-33-36(24,31)32/h2-5,8-9,11,13,15,18,20,27,31H,6-7,10H2,1H3,(H2,26,33,34)(H,28,29,30);1-6,10,12,14,16,19,28H,7-9,11H2,(H2,24,30,31)(H,25,26,27);1-3,5,7-8,10-11,13,16,28H,4,6,9H2,(H2,24,31,32)(H,25,26,27)/t13-,15-,18+,20?;14-,16-,19+;11-,13-,16+,35?/m111/s1. The number of halogens is 5. The fourth-order valence-corrected chi connectivity index (χ4v) is 18.0. The van der Waals surface area contributed by atoms with Crippen molar-refractivity contribution in [1.82, 2.24) is 35.2 Å². The minimum absolute atomic E-state index is 0.140. The molecule has 3 aliphatic rings. The number of aliphatic hydroxyl groups is 3. The van der Waals surface area contributed by atoms with Crippen LogP contribution in [0.25, 0.3) is 0 Å². The van der Waals surface area contributed by atoms with E-state index in [1.165, 1.54) is 43.6 Å². The summed E-state index contributed by atoms with van der Waals surface area (Å²) in [5, 5.41) is 59.8. The number of benzene rings is 3. The molecule has 0 spiro atoms. The van der Waals surface area contributed by atoms with Crippen molar-refractivity contribution in [1.29, 1.82) is 0 Å². The normalized spacial score (nSPS) is 20.6. The molecule has 41 heteroatoms. The van der Waals surface area contributed by atoms with Crippen LogP contribution >= 0.6 is 80.7 Å². The van der Waals surface area contributed by atoms with E-state index in [0.29, 0.717) is 79.3 Å². The Balaban J connectivity index is 0.000000172. The summed E-state index contributed by atoms with van der Waals surface area (Å²) in [7, 11) is -12.2. The highest BCUT2D eigenvalue weighted by Gasteiger charge is 2.38. The second-order valence-electron chi connectivity index (χ2n) is 24.8. The van der Waals surface area contributed by atoms with Crippen LogP contribution in [0.3, 0.4) is 0 Å². The molecular formula is C66H68Cl5N13O17S6. The summed E-state index contributed by atoms with van der Waals surface area (Å²) in [4.78, 5) is 65.8. The average molecular weight is 1690 g/mol. The zero-order valence-electron chi connectivity index (χ0n) is 55.9. The molecule has 0 saturated heterocycles. The fourth-order valence-electron chi connectivity index (χ4n) is 12.2. The van der Waals surface area contributed by atoms with E-state index in [2.05, 4.69) is 63.7 Å². The molecule has 0 aliphatic heterocycles. The third-order valence-electron chi connectivity index (χ3n) is 17.2. The zero-order valence-corrected chi connectivity index (χ0v) is 64.5. The Hall–Kier alpha value is -6.96. The van der Waals surface area contributed by atoms with Gasteiger partial charge in [-0.3, -0.25) is 26.9 Å². The van der Waals surface area contributed by atoms with Crippen molar-refractivity contribution < 1.29 is 76.1 Å². The van der Waals surface area contributed by atoms with Gasteiger partial charge < -0.3 is 41.0 Å². The number of thiophene rings is 2. The molecule has 9 aromatic rings. The average Bonchev–Trinajstić information content (AvgIpc) is 1.66. The number of rotatable bonds is 28. The van der Waals surface area contributed by atoms with Crippen molar-refractivity contribution in [2.24, 2.45) is 33.2 Å². The molecule has 3 saturated carbocycles. The summed E-state index contributed by atoms with van der Waals surface area (Å²) in [6, 6.07) is 26.7. The van der Waals surface area contributed by atoms with Crippen molar-refractivity contribution in [3.8, 4) is 0 Å². The summed E-state index contributed by atoms with van der Waals surface area (Å²) in [6.45, 7) is -0.715. The van der Waals surface area contributed by atoms with Crippen molar-refractivity contribution in [3.63, 3.8) is 0 Å². The monoisotopic (exact) mass is 1680 g/mol. The van der Waals surface area contributed by atoms with Gasteiger partial charge in [0.05, 0.1) is 90.7 Å². The Morgan fingerprint density at radius 2 is 0.991 bits per heavy atom. The SMILES string of the molecule is CNC(c1cccc(Cl)c1)c1cc(C(=O)c2cncnc2N[C@@H]2C[C@H](COS(N)(=O)=O)[C@@H](O)C2)sc1Cl.NS(=O)(=O)OC[C@H]1C[C@@H](Nc2ncncc2C(=O)c2cc(S(=O)c3cccc(Cl)c3)c(Cl)s2)C[C@@H]1O.NS(=O)(=O)OC[C@H]1C[C@@H](Nc2ncncc2C(=O)c2ccc(Cc3cccc(Cl)c3)o2)C[C@@H]1O. The summed E-state index contributed by atoms with van der Waals surface area (Å²) in [5.74, 6) is -0.904. The first-order valence-corrected chi connectivity index (χ1v) is 41.2. The number of anilines is 3. The predicted molar refractivity (Wildman–Crippen MR) is 402 cm³/mol. The van der Waals surface area contributed by atoms with Gasteiger partial charge in [0.2, 0.25) is 17.3 Å². The number of hydrogen-bond acceptors (Lipinski definition) is 29. The summed E-state index contributed by atoms with van der Waals surface area (Å²) in [5.41, 5.74) is 3.21. The van der Waals surface area contributed by atoms with Gasteiger partial charge in [-0.15, -0.1) is 22.7 Å². The second-order valence-corrected chi connectivity index (χ2v) is 34.5. The van der Waals surface area contributed by atoms with Crippen LogP contribution in [-0.4, -0.2) is 155 Å². The minimum Gasteiger partial charge on any atom is -0.457 e. The van der Waals surface area contributed by atoms with E-state index in [-0.39, 0.29) is 104 Å². The largest absolute Gasteiger partial charge is 0.457 e. The van der Waals surface area contributed by atoms with Gasteiger partial charge in [0.25, 0.3) is 0 Å². The van der Waals surface area contributed by atoms with Gasteiger partial charge in [-0.05, 0) is 123 Å². The molecule has 6 aromatic heterocycles. The Morgan fingerprint density at radius 3 is 1.44 bits per heavy atom. The van der Waals surface area contributed by atoms with Gasteiger partial charge in [0.15, 0.2) is 5.76 Å².